The Labute approximate surface area is 234 Å². The summed E-state index contributed by atoms with van der Waals surface area (Å²) in [6.45, 7) is 7.73. The number of pyridine rings is 2. The topological polar surface area (TPSA) is 112 Å². The van der Waals surface area contributed by atoms with Crippen molar-refractivity contribution in [2.45, 2.75) is 37.5 Å². The highest BCUT2D eigenvalue weighted by Gasteiger charge is 2.29. The molecule has 0 saturated heterocycles. The smallest absolute Gasteiger partial charge is 0.258 e. The van der Waals surface area contributed by atoms with E-state index in [4.69, 9.17) is 0 Å². The van der Waals surface area contributed by atoms with Crippen LogP contribution < -0.4 is 0 Å². The Hall–Kier alpha value is -3.15. The molecule has 188 valence electrons. The highest BCUT2D eigenvalue weighted by molar-refractivity contribution is 9.11. The number of rotatable bonds is 6. The lowest BCUT2D eigenvalue weighted by Crippen LogP contribution is -2.01. The summed E-state index contributed by atoms with van der Waals surface area (Å²) in [4.78, 5) is 32.7. The standard InChI is InChI=1S/C26H20Br2N4O4S/c1-13-5-7-17(21(27)15(13)3)23-25(31(33)34)19(9-11-29-23)37-20-10-12-30-24(26(20)32(35)36)18-8-6-14(2)16(4)22(18)28/h5-12H,1-4H3. The van der Waals surface area contributed by atoms with Crippen LogP contribution in [0, 0.1) is 47.9 Å². The zero-order chi connectivity index (χ0) is 27.0. The molecule has 37 heavy (non-hydrogen) atoms. The molecule has 0 amide bonds. The van der Waals surface area contributed by atoms with E-state index in [2.05, 4.69) is 41.8 Å². The number of halogens is 2. The third kappa shape index (κ3) is 5.03. The van der Waals surface area contributed by atoms with Gasteiger partial charge in [-0.3, -0.25) is 20.2 Å². The molecule has 8 nitrogen and oxygen atoms in total. The fourth-order valence-electron chi connectivity index (χ4n) is 3.83. The molecule has 0 spiro atoms. The van der Waals surface area contributed by atoms with Crippen LogP contribution in [-0.2, 0) is 0 Å². The first-order chi connectivity index (χ1) is 17.5. The Bertz CT molecular complexity index is 1480. The van der Waals surface area contributed by atoms with Gasteiger partial charge in [0.25, 0.3) is 0 Å². The molecule has 4 rings (SSSR count). The number of aryl methyl sites for hydroxylation is 2. The predicted molar refractivity (Wildman–Crippen MR) is 151 cm³/mol. The van der Waals surface area contributed by atoms with Crippen molar-refractivity contribution < 1.29 is 9.85 Å². The van der Waals surface area contributed by atoms with Crippen molar-refractivity contribution in [3.8, 4) is 22.5 Å². The Kier molecular flexibility index (Phi) is 7.77. The second-order valence-electron chi connectivity index (χ2n) is 8.37. The quantitative estimate of drug-likeness (QED) is 0.153. The van der Waals surface area contributed by atoms with E-state index in [0.29, 0.717) is 20.1 Å². The molecule has 0 aliphatic rings. The monoisotopic (exact) mass is 642 g/mol. The van der Waals surface area contributed by atoms with Crippen LogP contribution >= 0.6 is 43.6 Å². The van der Waals surface area contributed by atoms with Crippen LogP contribution in [0.3, 0.4) is 0 Å². The fourth-order valence-corrected chi connectivity index (χ4v) is 6.13. The van der Waals surface area contributed by atoms with Crippen molar-refractivity contribution in [1.29, 1.82) is 0 Å². The van der Waals surface area contributed by atoms with Crippen LogP contribution in [0.5, 0.6) is 0 Å². The molecule has 0 bridgehead atoms. The lowest BCUT2D eigenvalue weighted by atomic mass is 10.0. The molecule has 4 aromatic rings. The summed E-state index contributed by atoms with van der Waals surface area (Å²) in [5.74, 6) is 0. The van der Waals surface area contributed by atoms with Gasteiger partial charge in [-0.05, 0) is 93.9 Å². The molecular formula is C26H20Br2N4O4S. The number of nitro groups is 2. The molecule has 0 saturated carbocycles. The van der Waals surface area contributed by atoms with Crippen LogP contribution in [-0.4, -0.2) is 19.8 Å². The van der Waals surface area contributed by atoms with Crippen molar-refractivity contribution in [3.05, 3.63) is 100 Å². The Morgan fingerprint density at radius 3 is 1.41 bits per heavy atom. The van der Waals surface area contributed by atoms with E-state index >= 15 is 0 Å². The molecule has 2 aromatic heterocycles. The first-order valence-corrected chi connectivity index (χ1v) is 13.4. The average molecular weight is 644 g/mol. The first kappa shape index (κ1) is 26.9. The lowest BCUT2D eigenvalue weighted by Gasteiger charge is -2.13. The van der Waals surface area contributed by atoms with Crippen molar-refractivity contribution in [2.75, 3.05) is 0 Å². The summed E-state index contributed by atoms with van der Waals surface area (Å²) >= 11 is 8.06. The maximum Gasteiger partial charge on any atom is 0.309 e. The van der Waals surface area contributed by atoms with E-state index < -0.39 is 9.85 Å². The summed E-state index contributed by atoms with van der Waals surface area (Å²) in [6.07, 6.45) is 2.94. The average Bonchev–Trinajstić information content (AvgIpc) is 2.85. The zero-order valence-corrected chi connectivity index (χ0v) is 24.2. The van der Waals surface area contributed by atoms with E-state index in [-0.39, 0.29) is 32.6 Å². The summed E-state index contributed by atoms with van der Waals surface area (Å²) in [7, 11) is 0. The van der Waals surface area contributed by atoms with Gasteiger partial charge in [-0.15, -0.1) is 0 Å². The van der Waals surface area contributed by atoms with Gasteiger partial charge in [0.2, 0.25) is 0 Å². The zero-order valence-electron chi connectivity index (χ0n) is 20.2. The molecule has 0 aliphatic carbocycles. The van der Waals surface area contributed by atoms with Crippen molar-refractivity contribution in [3.63, 3.8) is 0 Å². The summed E-state index contributed by atoms with van der Waals surface area (Å²) < 4.78 is 1.42. The van der Waals surface area contributed by atoms with E-state index in [1.165, 1.54) is 24.5 Å². The summed E-state index contributed by atoms with van der Waals surface area (Å²) in [5.41, 5.74) is 5.00. The van der Waals surface area contributed by atoms with Gasteiger partial charge in [-0.25, -0.2) is 9.97 Å². The second kappa shape index (κ2) is 10.7. The van der Waals surface area contributed by atoms with Crippen molar-refractivity contribution in [2.24, 2.45) is 0 Å². The molecule has 0 unspecified atom stereocenters. The Morgan fingerprint density at radius 2 is 1.05 bits per heavy atom. The molecule has 0 atom stereocenters. The maximum atomic E-state index is 12.3. The molecule has 0 fully saturated rings. The third-order valence-corrected chi connectivity index (χ3v) is 9.33. The summed E-state index contributed by atoms with van der Waals surface area (Å²) in [5, 5.41) is 24.6. The van der Waals surface area contributed by atoms with Crippen molar-refractivity contribution >= 4 is 55.0 Å². The SMILES string of the molecule is Cc1ccc(-c2nccc(Sc3ccnc(-c4ccc(C)c(C)c4Br)c3[N+](=O)[O-])c2[N+](=O)[O-])c(Br)c1C. The van der Waals surface area contributed by atoms with E-state index in [0.717, 1.165) is 34.0 Å². The van der Waals surface area contributed by atoms with E-state index in [1.54, 1.807) is 12.1 Å². The Morgan fingerprint density at radius 1 is 0.676 bits per heavy atom. The normalized spacial score (nSPS) is 11.0. The minimum atomic E-state index is -0.500. The van der Waals surface area contributed by atoms with Gasteiger partial charge in [-0.2, -0.15) is 0 Å². The molecule has 2 aromatic carbocycles. The fraction of sp³-hybridized carbons (Fsp3) is 0.154. The minimum absolute atomic E-state index is 0.179. The third-order valence-electron chi connectivity index (χ3n) is 6.18. The molecule has 2 heterocycles. The predicted octanol–water partition coefficient (Wildman–Crippen LogP) is 8.54. The number of hydrogen-bond donors (Lipinski definition) is 0. The molecular weight excluding hydrogens is 624 g/mol. The van der Waals surface area contributed by atoms with Crippen LogP contribution in [0.25, 0.3) is 22.5 Å². The van der Waals surface area contributed by atoms with Gasteiger partial charge >= 0.3 is 11.4 Å². The van der Waals surface area contributed by atoms with Gasteiger partial charge in [-0.1, -0.05) is 36.0 Å². The summed E-state index contributed by atoms with van der Waals surface area (Å²) in [6, 6.07) is 10.3. The maximum absolute atomic E-state index is 12.3. The lowest BCUT2D eigenvalue weighted by molar-refractivity contribution is -0.387. The highest BCUT2D eigenvalue weighted by Crippen LogP contribution is 2.47. The van der Waals surface area contributed by atoms with Crippen LogP contribution in [0.15, 0.2) is 67.5 Å². The van der Waals surface area contributed by atoms with Crippen molar-refractivity contribution in [1.82, 2.24) is 9.97 Å². The van der Waals surface area contributed by atoms with E-state index in [9.17, 15) is 20.2 Å². The van der Waals surface area contributed by atoms with Gasteiger partial charge in [0.05, 0.1) is 19.6 Å². The van der Waals surface area contributed by atoms with Gasteiger partial charge in [0, 0.05) is 32.5 Å². The van der Waals surface area contributed by atoms with Crippen LogP contribution in [0.1, 0.15) is 22.3 Å². The molecule has 0 radical (unpaired) electrons. The Balaban J connectivity index is 1.91. The van der Waals surface area contributed by atoms with E-state index in [1.807, 2.05) is 39.8 Å². The number of aromatic nitrogens is 2. The highest BCUT2D eigenvalue weighted by atomic mass is 79.9. The van der Waals surface area contributed by atoms with Gasteiger partial charge in [0.1, 0.15) is 0 Å². The molecule has 11 heteroatoms. The number of benzene rings is 2. The minimum Gasteiger partial charge on any atom is -0.258 e. The van der Waals surface area contributed by atoms with Gasteiger partial charge in [0.15, 0.2) is 11.4 Å². The molecule has 0 N–H and O–H groups in total. The largest absolute Gasteiger partial charge is 0.309 e. The number of nitrogens with zero attached hydrogens (tertiary/aromatic N) is 4. The van der Waals surface area contributed by atoms with Crippen LogP contribution in [0.2, 0.25) is 0 Å². The van der Waals surface area contributed by atoms with Gasteiger partial charge < -0.3 is 0 Å². The molecule has 0 aliphatic heterocycles. The number of hydrogen-bond acceptors (Lipinski definition) is 7. The first-order valence-electron chi connectivity index (χ1n) is 11.0. The van der Waals surface area contributed by atoms with Crippen LogP contribution in [0.4, 0.5) is 11.4 Å². The second-order valence-corrected chi connectivity index (χ2v) is 11.0.